The minimum absolute atomic E-state index is 0.0473. The van der Waals surface area contributed by atoms with Crippen molar-refractivity contribution >= 4 is 23.5 Å². The number of nitrogens with one attached hydrogen (secondary N) is 1. The van der Waals surface area contributed by atoms with Gasteiger partial charge in [-0.05, 0) is 42.5 Å². The number of hydrogen-bond acceptors (Lipinski definition) is 6. The van der Waals surface area contributed by atoms with Gasteiger partial charge < -0.3 is 19.7 Å². The third-order valence-corrected chi connectivity index (χ3v) is 4.69. The molecule has 2 amide bonds. The average Bonchev–Trinajstić information content (AvgIpc) is 3.27. The summed E-state index contributed by atoms with van der Waals surface area (Å²) in [5.41, 5.74) is -0.338. The van der Waals surface area contributed by atoms with Gasteiger partial charge in [0.25, 0.3) is 11.8 Å². The highest BCUT2D eigenvalue weighted by molar-refractivity contribution is 5.97. The molecule has 1 aromatic heterocycles. The van der Waals surface area contributed by atoms with E-state index >= 15 is 0 Å². The summed E-state index contributed by atoms with van der Waals surface area (Å²) >= 11 is 0. The maximum Gasteiger partial charge on any atom is 0.416 e. The lowest BCUT2D eigenvalue weighted by molar-refractivity contribution is -0.137. The third-order valence-electron chi connectivity index (χ3n) is 4.69. The molecule has 12 heteroatoms. The van der Waals surface area contributed by atoms with Crippen molar-refractivity contribution in [1.29, 1.82) is 0 Å². The van der Waals surface area contributed by atoms with Crippen LogP contribution in [0.25, 0.3) is 5.69 Å². The molecule has 0 unspecified atom stereocenters. The topological polar surface area (TPSA) is 103 Å². The standard InChI is InChI=1S/C23H21F3N4O5/c1-29(2)21(32)14-7-9-16(10-8-14)27-19(31)13-35-22(33)20-18(34-3)12-30(28-20)17-6-4-5-15(11-17)23(24,25)26/h4-12H,13H2,1-3H3,(H,27,31). The van der Waals surface area contributed by atoms with E-state index in [2.05, 4.69) is 10.4 Å². The van der Waals surface area contributed by atoms with Gasteiger partial charge in [0.1, 0.15) is 0 Å². The summed E-state index contributed by atoms with van der Waals surface area (Å²) in [7, 11) is 4.48. The second kappa shape index (κ2) is 10.3. The number of carbonyl (C=O) groups excluding carboxylic acids is 3. The van der Waals surface area contributed by atoms with Crippen LogP contribution in [0.4, 0.5) is 18.9 Å². The lowest BCUT2D eigenvalue weighted by atomic mass is 10.2. The van der Waals surface area contributed by atoms with Crippen molar-refractivity contribution < 1.29 is 37.0 Å². The summed E-state index contributed by atoms with van der Waals surface area (Å²) in [5, 5.41) is 6.48. The summed E-state index contributed by atoms with van der Waals surface area (Å²) < 4.78 is 50.1. The number of rotatable bonds is 7. The van der Waals surface area contributed by atoms with Crippen molar-refractivity contribution in [1.82, 2.24) is 14.7 Å². The van der Waals surface area contributed by atoms with Crippen molar-refractivity contribution in [2.75, 3.05) is 33.1 Å². The number of nitrogens with zero attached hydrogens (tertiary/aromatic N) is 3. The number of methoxy groups -OCH3 is 1. The summed E-state index contributed by atoms with van der Waals surface area (Å²) in [4.78, 5) is 37.9. The van der Waals surface area contributed by atoms with Crippen LogP contribution in [0, 0.1) is 0 Å². The number of alkyl halides is 3. The van der Waals surface area contributed by atoms with E-state index in [1.165, 1.54) is 54.6 Å². The van der Waals surface area contributed by atoms with E-state index in [1.807, 2.05) is 0 Å². The quantitative estimate of drug-likeness (QED) is 0.510. The zero-order valence-electron chi connectivity index (χ0n) is 18.9. The molecule has 184 valence electrons. The molecule has 3 aromatic rings. The van der Waals surface area contributed by atoms with E-state index in [9.17, 15) is 27.6 Å². The first-order valence-corrected chi connectivity index (χ1v) is 10.1. The van der Waals surface area contributed by atoms with Crippen LogP contribution in [0.5, 0.6) is 5.75 Å². The molecule has 0 saturated heterocycles. The summed E-state index contributed by atoms with van der Waals surface area (Å²) in [6.07, 6.45) is -3.33. The van der Waals surface area contributed by atoms with Gasteiger partial charge >= 0.3 is 12.1 Å². The van der Waals surface area contributed by atoms with Crippen molar-refractivity contribution in [3.05, 3.63) is 71.5 Å². The Kier molecular flexibility index (Phi) is 7.43. The van der Waals surface area contributed by atoms with Crippen LogP contribution in [0.2, 0.25) is 0 Å². The van der Waals surface area contributed by atoms with Crippen LogP contribution >= 0.6 is 0 Å². The first kappa shape index (κ1) is 25.3. The van der Waals surface area contributed by atoms with Gasteiger partial charge in [-0.2, -0.15) is 18.3 Å². The Bertz CT molecular complexity index is 1240. The van der Waals surface area contributed by atoms with E-state index in [0.717, 1.165) is 16.8 Å². The van der Waals surface area contributed by atoms with Crippen LogP contribution in [0.1, 0.15) is 26.4 Å². The second-order valence-electron chi connectivity index (χ2n) is 7.44. The Morgan fingerprint density at radius 1 is 1.09 bits per heavy atom. The number of benzene rings is 2. The van der Waals surface area contributed by atoms with Gasteiger partial charge in [0, 0.05) is 25.3 Å². The highest BCUT2D eigenvalue weighted by Crippen LogP contribution is 2.31. The number of ether oxygens (including phenoxy) is 2. The Morgan fingerprint density at radius 3 is 2.37 bits per heavy atom. The maximum absolute atomic E-state index is 13.0. The number of esters is 1. The molecule has 1 N–H and O–H groups in total. The zero-order valence-corrected chi connectivity index (χ0v) is 18.9. The van der Waals surface area contributed by atoms with E-state index in [4.69, 9.17) is 9.47 Å². The van der Waals surface area contributed by atoms with Crippen LogP contribution < -0.4 is 10.1 Å². The van der Waals surface area contributed by atoms with E-state index in [1.54, 1.807) is 14.1 Å². The largest absolute Gasteiger partial charge is 0.493 e. The molecule has 0 bridgehead atoms. The Hall–Kier alpha value is -4.35. The predicted octanol–water partition coefficient (Wildman–Crippen LogP) is 3.40. The maximum atomic E-state index is 13.0. The first-order valence-electron chi connectivity index (χ1n) is 10.1. The van der Waals surface area contributed by atoms with E-state index in [0.29, 0.717) is 11.3 Å². The molecular weight excluding hydrogens is 469 g/mol. The minimum Gasteiger partial charge on any atom is -0.493 e. The second-order valence-corrected chi connectivity index (χ2v) is 7.44. The fourth-order valence-electron chi connectivity index (χ4n) is 2.96. The number of carbonyl (C=O) groups is 3. The molecule has 1 heterocycles. The molecule has 0 aliphatic carbocycles. The fourth-order valence-corrected chi connectivity index (χ4v) is 2.96. The lowest BCUT2D eigenvalue weighted by Crippen LogP contribution is -2.22. The highest BCUT2D eigenvalue weighted by atomic mass is 19.4. The summed E-state index contributed by atoms with van der Waals surface area (Å²) in [5.74, 6) is -1.90. The molecule has 3 rings (SSSR count). The van der Waals surface area contributed by atoms with E-state index < -0.39 is 30.2 Å². The van der Waals surface area contributed by atoms with Gasteiger partial charge in [0.05, 0.1) is 24.6 Å². The Labute approximate surface area is 198 Å². The van der Waals surface area contributed by atoms with Crippen molar-refractivity contribution in [2.45, 2.75) is 6.18 Å². The average molecular weight is 490 g/mol. The van der Waals surface area contributed by atoms with Crippen LogP contribution in [0.15, 0.2) is 54.7 Å². The van der Waals surface area contributed by atoms with Crippen LogP contribution in [0.3, 0.4) is 0 Å². The van der Waals surface area contributed by atoms with Gasteiger partial charge in [0.2, 0.25) is 5.69 Å². The van der Waals surface area contributed by atoms with Gasteiger partial charge in [-0.15, -0.1) is 0 Å². The molecule has 0 saturated carbocycles. The monoisotopic (exact) mass is 490 g/mol. The Morgan fingerprint density at radius 2 is 1.77 bits per heavy atom. The van der Waals surface area contributed by atoms with Crippen LogP contribution in [-0.4, -0.2) is 60.3 Å². The lowest BCUT2D eigenvalue weighted by Gasteiger charge is -2.11. The van der Waals surface area contributed by atoms with Gasteiger partial charge in [-0.3, -0.25) is 9.59 Å². The fraction of sp³-hybridized carbons (Fsp3) is 0.217. The molecule has 0 spiro atoms. The molecule has 9 nitrogen and oxygen atoms in total. The third kappa shape index (κ3) is 6.16. The van der Waals surface area contributed by atoms with Gasteiger partial charge in [-0.1, -0.05) is 6.07 Å². The van der Waals surface area contributed by atoms with Crippen molar-refractivity contribution in [2.24, 2.45) is 0 Å². The van der Waals surface area contributed by atoms with Crippen molar-refractivity contribution in [3.8, 4) is 11.4 Å². The number of aromatic nitrogens is 2. The molecule has 0 aliphatic rings. The molecule has 0 fully saturated rings. The number of halogens is 3. The van der Waals surface area contributed by atoms with Gasteiger partial charge in [0.15, 0.2) is 12.4 Å². The van der Waals surface area contributed by atoms with E-state index in [-0.39, 0.29) is 23.0 Å². The molecule has 0 radical (unpaired) electrons. The summed E-state index contributed by atoms with van der Waals surface area (Å²) in [6.45, 7) is -0.656. The zero-order chi connectivity index (χ0) is 25.8. The first-order chi connectivity index (χ1) is 16.5. The smallest absolute Gasteiger partial charge is 0.416 e. The minimum atomic E-state index is -4.55. The Balaban J connectivity index is 1.66. The molecule has 0 aliphatic heterocycles. The predicted molar refractivity (Wildman–Crippen MR) is 118 cm³/mol. The van der Waals surface area contributed by atoms with Crippen molar-refractivity contribution in [3.63, 3.8) is 0 Å². The number of anilines is 1. The normalized spacial score (nSPS) is 11.0. The molecule has 2 aromatic carbocycles. The SMILES string of the molecule is COc1cn(-c2cccc(C(F)(F)F)c2)nc1C(=O)OCC(=O)Nc1ccc(C(=O)N(C)C)cc1. The van der Waals surface area contributed by atoms with Crippen LogP contribution in [-0.2, 0) is 15.7 Å². The number of hydrogen-bond donors (Lipinski definition) is 1. The summed E-state index contributed by atoms with van der Waals surface area (Å²) in [6, 6.07) is 10.5. The molecule has 35 heavy (non-hydrogen) atoms. The molecular formula is C23H21F3N4O5. The highest BCUT2D eigenvalue weighted by Gasteiger charge is 2.31. The molecule has 0 atom stereocenters. The van der Waals surface area contributed by atoms with Gasteiger partial charge in [-0.25, -0.2) is 9.48 Å². The number of amides is 2.